The van der Waals surface area contributed by atoms with Gasteiger partial charge in [-0.3, -0.25) is 4.79 Å². The standard InChI is InChI=1S/C21H18O/c22-21(19-10-2-1-3-11-19)13-7-4-8-17-14-15-18-9-5-6-12-20(18)16-17/h1-6,8-12,14-16H,7,13H2/b8-4+. The lowest BCUT2D eigenvalue weighted by Gasteiger charge is -2.00. The molecular formula is C21H18O. The summed E-state index contributed by atoms with van der Waals surface area (Å²) in [4.78, 5) is 12.0. The SMILES string of the molecule is O=C(CC/C=C/c1ccc2ccccc2c1)c1ccccc1. The van der Waals surface area contributed by atoms with E-state index in [0.717, 1.165) is 12.0 Å². The molecule has 0 bridgehead atoms. The van der Waals surface area contributed by atoms with E-state index in [1.165, 1.54) is 16.3 Å². The maximum Gasteiger partial charge on any atom is 0.163 e. The largest absolute Gasteiger partial charge is 0.294 e. The lowest BCUT2D eigenvalue weighted by molar-refractivity contribution is 0.0984. The van der Waals surface area contributed by atoms with Crippen LogP contribution in [-0.2, 0) is 0 Å². The van der Waals surface area contributed by atoms with Gasteiger partial charge < -0.3 is 0 Å². The van der Waals surface area contributed by atoms with E-state index in [1.807, 2.05) is 42.5 Å². The summed E-state index contributed by atoms with van der Waals surface area (Å²) in [5.74, 6) is 0.198. The van der Waals surface area contributed by atoms with E-state index >= 15 is 0 Å². The topological polar surface area (TPSA) is 17.1 Å². The molecule has 0 fully saturated rings. The molecule has 0 unspecified atom stereocenters. The lowest BCUT2D eigenvalue weighted by atomic mass is 10.0. The zero-order chi connectivity index (χ0) is 15.2. The number of hydrogen-bond acceptors (Lipinski definition) is 1. The molecule has 0 N–H and O–H groups in total. The van der Waals surface area contributed by atoms with E-state index in [9.17, 15) is 4.79 Å². The normalized spacial score (nSPS) is 11.1. The van der Waals surface area contributed by atoms with E-state index in [4.69, 9.17) is 0 Å². The fourth-order valence-electron chi connectivity index (χ4n) is 2.51. The summed E-state index contributed by atoms with van der Waals surface area (Å²) in [6.07, 6.45) is 5.48. The van der Waals surface area contributed by atoms with Gasteiger partial charge in [-0.1, -0.05) is 78.9 Å². The van der Waals surface area contributed by atoms with Crippen molar-refractivity contribution < 1.29 is 4.79 Å². The first-order valence-corrected chi connectivity index (χ1v) is 7.56. The van der Waals surface area contributed by atoms with Crippen molar-refractivity contribution in [2.24, 2.45) is 0 Å². The summed E-state index contributed by atoms with van der Waals surface area (Å²) >= 11 is 0. The summed E-state index contributed by atoms with van der Waals surface area (Å²) in [6, 6.07) is 24.2. The van der Waals surface area contributed by atoms with Crippen LogP contribution in [0.25, 0.3) is 16.8 Å². The Hall–Kier alpha value is -2.67. The average Bonchev–Trinajstić information content (AvgIpc) is 2.59. The number of hydrogen-bond donors (Lipinski definition) is 0. The Kier molecular flexibility index (Phi) is 4.45. The molecule has 3 aromatic carbocycles. The van der Waals surface area contributed by atoms with Crippen LogP contribution in [0, 0.1) is 0 Å². The van der Waals surface area contributed by atoms with Crippen LogP contribution in [0.1, 0.15) is 28.8 Å². The third-order valence-corrected chi connectivity index (χ3v) is 3.72. The van der Waals surface area contributed by atoms with Gasteiger partial charge in [-0.25, -0.2) is 0 Å². The van der Waals surface area contributed by atoms with Crippen LogP contribution >= 0.6 is 0 Å². The molecule has 0 aliphatic carbocycles. The van der Waals surface area contributed by atoms with E-state index < -0.39 is 0 Å². The molecule has 1 heteroatoms. The van der Waals surface area contributed by atoms with Crippen molar-refractivity contribution in [2.75, 3.05) is 0 Å². The van der Waals surface area contributed by atoms with Gasteiger partial charge in [-0.15, -0.1) is 0 Å². The number of rotatable bonds is 5. The van der Waals surface area contributed by atoms with E-state index in [-0.39, 0.29) is 5.78 Å². The molecule has 108 valence electrons. The van der Waals surface area contributed by atoms with Crippen molar-refractivity contribution in [2.45, 2.75) is 12.8 Å². The molecule has 22 heavy (non-hydrogen) atoms. The summed E-state index contributed by atoms with van der Waals surface area (Å²) in [7, 11) is 0. The Morgan fingerprint density at radius 2 is 1.55 bits per heavy atom. The molecule has 0 atom stereocenters. The van der Waals surface area contributed by atoms with Crippen molar-refractivity contribution >= 4 is 22.6 Å². The van der Waals surface area contributed by atoms with Crippen molar-refractivity contribution in [3.8, 4) is 0 Å². The minimum absolute atomic E-state index is 0.198. The minimum Gasteiger partial charge on any atom is -0.294 e. The Balaban J connectivity index is 1.60. The molecule has 0 amide bonds. The van der Waals surface area contributed by atoms with Crippen LogP contribution < -0.4 is 0 Å². The Bertz CT molecular complexity index is 800. The van der Waals surface area contributed by atoms with E-state index in [2.05, 4.69) is 42.5 Å². The maximum absolute atomic E-state index is 12.0. The predicted molar refractivity (Wildman–Crippen MR) is 93.0 cm³/mol. The highest BCUT2D eigenvalue weighted by atomic mass is 16.1. The molecular weight excluding hydrogens is 268 g/mol. The highest BCUT2D eigenvalue weighted by molar-refractivity contribution is 5.96. The van der Waals surface area contributed by atoms with Gasteiger partial charge in [0, 0.05) is 12.0 Å². The minimum atomic E-state index is 0.198. The summed E-state index contributed by atoms with van der Waals surface area (Å²) in [5.41, 5.74) is 1.97. The third-order valence-electron chi connectivity index (χ3n) is 3.72. The Morgan fingerprint density at radius 3 is 2.36 bits per heavy atom. The number of allylic oxidation sites excluding steroid dienone is 1. The number of Topliss-reactive ketones (excluding diaryl/α,β-unsaturated/α-hetero) is 1. The second kappa shape index (κ2) is 6.86. The molecule has 3 rings (SSSR count). The van der Waals surface area contributed by atoms with Crippen LogP contribution in [-0.4, -0.2) is 5.78 Å². The van der Waals surface area contributed by atoms with E-state index in [1.54, 1.807) is 0 Å². The molecule has 0 heterocycles. The lowest BCUT2D eigenvalue weighted by Crippen LogP contribution is -1.97. The number of benzene rings is 3. The van der Waals surface area contributed by atoms with Gasteiger partial charge in [-0.2, -0.15) is 0 Å². The Labute approximate surface area is 130 Å². The molecule has 1 nitrogen and oxygen atoms in total. The molecule has 0 saturated heterocycles. The van der Waals surface area contributed by atoms with Gasteiger partial charge >= 0.3 is 0 Å². The first-order valence-electron chi connectivity index (χ1n) is 7.56. The first-order chi connectivity index (χ1) is 10.8. The van der Waals surface area contributed by atoms with Crippen LogP contribution in [0.4, 0.5) is 0 Å². The summed E-state index contributed by atoms with van der Waals surface area (Å²) < 4.78 is 0. The van der Waals surface area contributed by atoms with Gasteiger partial charge in [-0.05, 0) is 28.8 Å². The molecule has 3 aromatic rings. The van der Waals surface area contributed by atoms with Crippen molar-refractivity contribution in [1.29, 1.82) is 0 Å². The molecule has 0 aliphatic rings. The van der Waals surface area contributed by atoms with Gasteiger partial charge in [0.2, 0.25) is 0 Å². The summed E-state index contributed by atoms with van der Waals surface area (Å²) in [6.45, 7) is 0. The molecule has 0 aliphatic heterocycles. The second-order valence-corrected chi connectivity index (χ2v) is 5.34. The smallest absolute Gasteiger partial charge is 0.163 e. The fourth-order valence-corrected chi connectivity index (χ4v) is 2.51. The van der Waals surface area contributed by atoms with Crippen LogP contribution in [0.3, 0.4) is 0 Å². The maximum atomic E-state index is 12.0. The third kappa shape index (κ3) is 3.50. The number of ketones is 1. The zero-order valence-electron chi connectivity index (χ0n) is 12.4. The quantitative estimate of drug-likeness (QED) is 0.565. The van der Waals surface area contributed by atoms with Crippen molar-refractivity contribution in [3.63, 3.8) is 0 Å². The zero-order valence-corrected chi connectivity index (χ0v) is 12.4. The number of carbonyl (C=O) groups is 1. The molecule has 0 aromatic heterocycles. The highest BCUT2D eigenvalue weighted by Gasteiger charge is 2.02. The second-order valence-electron chi connectivity index (χ2n) is 5.34. The highest BCUT2D eigenvalue weighted by Crippen LogP contribution is 2.17. The molecule has 0 radical (unpaired) electrons. The van der Waals surface area contributed by atoms with Gasteiger partial charge in [0.1, 0.15) is 0 Å². The fraction of sp³-hybridized carbons (Fsp3) is 0.0952. The molecule has 0 saturated carbocycles. The predicted octanol–water partition coefficient (Wildman–Crippen LogP) is 5.52. The Morgan fingerprint density at radius 1 is 0.818 bits per heavy atom. The van der Waals surface area contributed by atoms with Crippen molar-refractivity contribution in [3.05, 3.63) is 90.0 Å². The first kappa shape index (κ1) is 14.3. The van der Waals surface area contributed by atoms with Gasteiger partial charge in [0.15, 0.2) is 5.78 Å². The number of carbonyl (C=O) groups excluding carboxylic acids is 1. The average molecular weight is 286 g/mol. The van der Waals surface area contributed by atoms with Crippen LogP contribution in [0.15, 0.2) is 78.9 Å². The summed E-state index contributed by atoms with van der Waals surface area (Å²) in [5, 5.41) is 2.49. The van der Waals surface area contributed by atoms with Crippen LogP contribution in [0.2, 0.25) is 0 Å². The van der Waals surface area contributed by atoms with Gasteiger partial charge in [0.25, 0.3) is 0 Å². The molecule has 0 spiro atoms. The van der Waals surface area contributed by atoms with Gasteiger partial charge in [0.05, 0.1) is 0 Å². The van der Waals surface area contributed by atoms with Crippen molar-refractivity contribution in [1.82, 2.24) is 0 Å². The van der Waals surface area contributed by atoms with E-state index in [0.29, 0.717) is 6.42 Å². The monoisotopic (exact) mass is 286 g/mol. The number of fused-ring (bicyclic) bond motifs is 1. The van der Waals surface area contributed by atoms with Crippen LogP contribution in [0.5, 0.6) is 0 Å².